The van der Waals surface area contributed by atoms with Crippen molar-refractivity contribution in [1.29, 1.82) is 0 Å². The lowest BCUT2D eigenvalue weighted by molar-refractivity contribution is -0.127. The molecule has 0 unspecified atom stereocenters. The van der Waals surface area contributed by atoms with Crippen molar-refractivity contribution < 1.29 is 24.2 Å². The molecule has 132 valence electrons. The number of hydrogen-bond acceptors (Lipinski definition) is 5. The molecule has 0 bridgehead atoms. The van der Waals surface area contributed by atoms with E-state index in [0.29, 0.717) is 24.3 Å². The molecule has 0 heterocycles. The normalized spacial score (nSPS) is 20.1. The van der Waals surface area contributed by atoms with E-state index in [1.807, 2.05) is 0 Å². The molecule has 24 heavy (non-hydrogen) atoms. The van der Waals surface area contributed by atoms with Gasteiger partial charge in [-0.3, -0.25) is 9.59 Å². The number of benzene rings is 1. The number of aliphatic hydroxyl groups is 1. The van der Waals surface area contributed by atoms with E-state index in [1.165, 1.54) is 0 Å². The van der Waals surface area contributed by atoms with Crippen LogP contribution < -0.4 is 20.1 Å². The minimum atomic E-state index is -0.361. The zero-order valence-electron chi connectivity index (χ0n) is 13.8. The van der Waals surface area contributed by atoms with E-state index in [4.69, 9.17) is 9.47 Å². The summed E-state index contributed by atoms with van der Waals surface area (Å²) in [5, 5.41) is 14.8. The number of methoxy groups -OCH3 is 1. The summed E-state index contributed by atoms with van der Waals surface area (Å²) in [4.78, 5) is 23.5. The van der Waals surface area contributed by atoms with Crippen molar-refractivity contribution in [3.05, 3.63) is 24.3 Å². The average molecular weight is 336 g/mol. The number of rotatable bonds is 7. The molecule has 2 rings (SSSR count). The zero-order valence-corrected chi connectivity index (χ0v) is 13.8. The van der Waals surface area contributed by atoms with Crippen LogP contribution in [0.4, 0.5) is 0 Å². The fourth-order valence-electron chi connectivity index (χ4n) is 2.55. The lowest BCUT2D eigenvalue weighted by atomic mass is 9.93. The highest BCUT2D eigenvalue weighted by Gasteiger charge is 2.20. The molecule has 1 aromatic carbocycles. The summed E-state index contributed by atoms with van der Waals surface area (Å²) in [6.07, 6.45) is 2.68. The molecule has 2 amide bonds. The highest BCUT2D eigenvalue weighted by atomic mass is 16.5. The molecule has 1 saturated carbocycles. The van der Waals surface area contributed by atoms with Gasteiger partial charge in [0.1, 0.15) is 11.5 Å². The molecule has 7 heteroatoms. The number of aliphatic hydroxyl groups excluding tert-OH is 1. The van der Waals surface area contributed by atoms with Gasteiger partial charge in [-0.15, -0.1) is 0 Å². The lowest BCUT2D eigenvalue weighted by Gasteiger charge is -2.26. The summed E-state index contributed by atoms with van der Waals surface area (Å²) < 4.78 is 10.4. The molecule has 0 radical (unpaired) electrons. The van der Waals surface area contributed by atoms with Crippen LogP contribution in [0.15, 0.2) is 24.3 Å². The van der Waals surface area contributed by atoms with Gasteiger partial charge in [-0.25, -0.2) is 0 Å². The van der Waals surface area contributed by atoms with Gasteiger partial charge < -0.3 is 25.2 Å². The maximum absolute atomic E-state index is 11.8. The first-order valence-electron chi connectivity index (χ1n) is 8.08. The molecule has 0 saturated heterocycles. The van der Waals surface area contributed by atoms with Crippen LogP contribution >= 0.6 is 0 Å². The molecule has 1 aromatic rings. The molecule has 3 N–H and O–H groups in total. The molecule has 1 aliphatic carbocycles. The minimum Gasteiger partial charge on any atom is -0.497 e. The van der Waals surface area contributed by atoms with E-state index in [0.717, 1.165) is 12.8 Å². The first-order chi connectivity index (χ1) is 11.6. The number of carbonyl (C=O) groups is 2. The quantitative estimate of drug-likeness (QED) is 0.678. The van der Waals surface area contributed by atoms with Crippen molar-refractivity contribution in [2.45, 2.75) is 37.8 Å². The topological polar surface area (TPSA) is 96.9 Å². The molecule has 0 aliphatic heterocycles. The molecule has 1 aliphatic rings. The predicted octanol–water partition coefficient (Wildman–Crippen LogP) is 0.610. The molecule has 0 spiro atoms. The van der Waals surface area contributed by atoms with Crippen LogP contribution in [0.25, 0.3) is 0 Å². The molecular weight excluding hydrogens is 312 g/mol. The third-order valence-electron chi connectivity index (χ3n) is 3.94. The number of amides is 2. The Morgan fingerprint density at radius 3 is 2.33 bits per heavy atom. The van der Waals surface area contributed by atoms with Gasteiger partial charge in [0.25, 0.3) is 5.91 Å². The third kappa shape index (κ3) is 6.08. The Morgan fingerprint density at radius 1 is 1.08 bits per heavy atom. The van der Waals surface area contributed by atoms with Crippen molar-refractivity contribution in [2.24, 2.45) is 0 Å². The Morgan fingerprint density at radius 2 is 1.71 bits per heavy atom. The molecular formula is C17H24N2O5. The van der Waals surface area contributed by atoms with Gasteiger partial charge in [0.2, 0.25) is 5.91 Å². The van der Waals surface area contributed by atoms with Gasteiger partial charge in [0.05, 0.1) is 19.8 Å². The van der Waals surface area contributed by atoms with Crippen molar-refractivity contribution in [1.82, 2.24) is 10.6 Å². The van der Waals surface area contributed by atoms with Crippen LogP contribution in [-0.2, 0) is 9.59 Å². The first-order valence-corrected chi connectivity index (χ1v) is 8.08. The van der Waals surface area contributed by atoms with Gasteiger partial charge >= 0.3 is 0 Å². The van der Waals surface area contributed by atoms with Gasteiger partial charge in [-0.05, 0) is 49.9 Å². The number of hydrogen-bond donors (Lipinski definition) is 3. The summed E-state index contributed by atoms with van der Waals surface area (Å²) in [5.74, 6) is 0.670. The Labute approximate surface area is 141 Å². The van der Waals surface area contributed by atoms with E-state index >= 15 is 0 Å². The number of carbonyl (C=O) groups excluding carboxylic acids is 2. The maximum Gasteiger partial charge on any atom is 0.258 e. The SMILES string of the molecule is COc1ccc(OCC(=O)NCC(=O)NC2CCC(O)CC2)cc1. The maximum atomic E-state index is 11.8. The molecule has 1 fully saturated rings. The van der Waals surface area contributed by atoms with E-state index in [1.54, 1.807) is 31.4 Å². The molecule has 0 aromatic heterocycles. The number of nitrogens with one attached hydrogen (secondary N) is 2. The molecule has 7 nitrogen and oxygen atoms in total. The van der Waals surface area contributed by atoms with E-state index < -0.39 is 0 Å². The highest BCUT2D eigenvalue weighted by Crippen LogP contribution is 2.18. The van der Waals surface area contributed by atoms with Gasteiger partial charge in [0, 0.05) is 6.04 Å². The van der Waals surface area contributed by atoms with Gasteiger partial charge in [-0.1, -0.05) is 0 Å². The second kappa shape index (κ2) is 9.12. The first kappa shape index (κ1) is 18.1. The monoisotopic (exact) mass is 336 g/mol. The Kier molecular flexibility index (Phi) is 6.87. The van der Waals surface area contributed by atoms with Gasteiger partial charge in [-0.2, -0.15) is 0 Å². The second-order valence-electron chi connectivity index (χ2n) is 5.81. The predicted molar refractivity (Wildman–Crippen MR) is 87.9 cm³/mol. The van der Waals surface area contributed by atoms with Gasteiger partial charge in [0.15, 0.2) is 6.61 Å². The smallest absolute Gasteiger partial charge is 0.258 e. The van der Waals surface area contributed by atoms with Crippen LogP contribution in [0.5, 0.6) is 11.5 Å². The number of ether oxygens (including phenoxy) is 2. The zero-order chi connectivity index (χ0) is 17.4. The lowest BCUT2D eigenvalue weighted by Crippen LogP contribution is -2.44. The van der Waals surface area contributed by atoms with Crippen molar-refractivity contribution in [2.75, 3.05) is 20.3 Å². The summed E-state index contributed by atoms with van der Waals surface area (Å²) in [6, 6.07) is 6.96. The van der Waals surface area contributed by atoms with Crippen molar-refractivity contribution in [3.8, 4) is 11.5 Å². The van der Waals surface area contributed by atoms with E-state index in [2.05, 4.69) is 10.6 Å². The Hall–Kier alpha value is -2.28. The standard InChI is InChI=1S/C17H24N2O5/c1-23-14-6-8-15(9-7-14)24-11-17(22)18-10-16(21)19-12-2-4-13(20)5-3-12/h6-9,12-13,20H,2-5,10-11H2,1H3,(H,18,22)(H,19,21). The second-order valence-corrected chi connectivity index (χ2v) is 5.81. The summed E-state index contributed by atoms with van der Waals surface area (Å²) in [6.45, 7) is -0.237. The van der Waals surface area contributed by atoms with Crippen molar-refractivity contribution in [3.63, 3.8) is 0 Å². The third-order valence-corrected chi connectivity index (χ3v) is 3.94. The van der Waals surface area contributed by atoms with Crippen LogP contribution in [0.3, 0.4) is 0 Å². The fourth-order valence-corrected chi connectivity index (χ4v) is 2.55. The summed E-state index contributed by atoms with van der Waals surface area (Å²) in [5.41, 5.74) is 0. The minimum absolute atomic E-state index is 0.0772. The largest absolute Gasteiger partial charge is 0.497 e. The Balaban J connectivity index is 1.62. The average Bonchev–Trinajstić information content (AvgIpc) is 2.60. The molecule has 0 atom stereocenters. The Bertz CT molecular complexity index is 538. The van der Waals surface area contributed by atoms with Crippen LogP contribution in [0, 0.1) is 0 Å². The van der Waals surface area contributed by atoms with Crippen LogP contribution in [0.1, 0.15) is 25.7 Å². The summed E-state index contributed by atoms with van der Waals surface area (Å²) >= 11 is 0. The van der Waals surface area contributed by atoms with Crippen LogP contribution in [0.2, 0.25) is 0 Å². The highest BCUT2D eigenvalue weighted by molar-refractivity contribution is 5.85. The van der Waals surface area contributed by atoms with Crippen LogP contribution in [-0.4, -0.2) is 49.3 Å². The fraction of sp³-hybridized carbons (Fsp3) is 0.529. The van der Waals surface area contributed by atoms with E-state index in [9.17, 15) is 14.7 Å². The summed E-state index contributed by atoms with van der Waals surface area (Å²) in [7, 11) is 1.57. The van der Waals surface area contributed by atoms with Crippen molar-refractivity contribution >= 4 is 11.8 Å². The van der Waals surface area contributed by atoms with E-state index in [-0.39, 0.29) is 37.1 Å².